The van der Waals surface area contributed by atoms with Gasteiger partial charge in [0.1, 0.15) is 0 Å². The minimum Gasteiger partial charge on any atom is -0.251 e. The molecule has 3 aromatic rings. The van der Waals surface area contributed by atoms with E-state index in [1.165, 1.54) is 0 Å². The Kier molecular flexibility index (Phi) is 3.05. The average Bonchev–Trinajstić information content (AvgIpc) is 2.37. The summed E-state index contributed by atoms with van der Waals surface area (Å²) in [7, 11) is 0. The van der Waals surface area contributed by atoms with E-state index in [1.54, 1.807) is 6.07 Å². The Morgan fingerprint density at radius 3 is 1.95 bits per heavy atom. The van der Waals surface area contributed by atoms with E-state index in [4.69, 9.17) is 34.8 Å². The minimum absolute atomic E-state index is 0.404. The molecule has 2 nitrogen and oxygen atoms in total. The smallest absolute Gasteiger partial charge is 0.232 e. The summed E-state index contributed by atoms with van der Waals surface area (Å²) >= 11 is 17.7. The van der Waals surface area contributed by atoms with Crippen molar-refractivity contribution in [2.24, 2.45) is 0 Å². The third-order valence-electron chi connectivity index (χ3n) is 2.95. The number of hydrogen-bond acceptors (Lipinski definition) is 2. The molecule has 0 radical (unpaired) electrons. The summed E-state index contributed by atoms with van der Waals surface area (Å²) in [5, 5.41) is 2.00. The highest BCUT2D eigenvalue weighted by Gasteiger charge is 2.24. The van der Waals surface area contributed by atoms with Gasteiger partial charge in [-0.05, 0) is 19.1 Å². The van der Waals surface area contributed by atoms with Gasteiger partial charge in [-0.1, -0.05) is 59.1 Å². The van der Waals surface area contributed by atoms with Crippen molar-refractivity contribution in [1.29, 1.82) is 0 Å². The summed E-state index contributed by atoms with van der Waals surface area (Å²) < 4.78 is -1.53. The van der Waals surface area contributed by atoms with Crippen LogP contribution in [0.4, 0.5) is 0 Å². The number of halogens is 3. The molecule has 2 aromatic heterocycles. The molecule has 5 heteroatoms. The first kappa shape index (κ1) is 12.9. The molecule has 96 valence electrons. The monoisotopic (exact) mass is 310 g/mol. The van der Waals surface area contributed by atoms with Gasteiger partial charge in [0.05, 0.1) is 16.7 Å². The zero-order valence-corrected chi connectivity index (χ0v) is 12.3. The fourth-order valence-corrected chi connectivity index (χ4v) is 2.34. The molecule has 0 saturated carbocycles. The molecule has 0 aliphatic carbocycles. The van der Waals surface area contributed by atoms with Gasteiger partial charge in [-0.15, -0.1) is 0 Å². The normalized spacial score (nSPS) is 12.2. The molecule has 0 spiro atoms. The Labute approximate surface area is 125 Å². The standard InChI is InChI=1S/C14H9Cl3N2/c1-8-2-3-9-4-5-10-6-7-11(14(15,16)17)19-13(10)12(9)18-8/h2-7H,1H3. The molecule has 0 aliphatic heterocycles. The van der Waals surface area contributed by atoms with Crippen LogP contribution in [-0.4, -0.2) is 9.97 Å². The van der Waals surface area contributed by atoms with Crippen molar-refractivity contribution >= 4 is 56.6 Å². The molecule has 3 rings (SSSR count). The van der Waals surface area contributed by atoms with Crippen LogP contribution in [0.25, 0.3) is 21.8 Å². The number of aryl methyl sites for hydroxylation is 1. The zero-order chi connectivity index (χ0) is 13.6. The van der Waals surface area contributed by atoms with Crippen molar-refractivity contribution in [1.82, 2.24) is 9.97 Å². The Morgan fingerprint density at radius 1 is 0.789 bits per heavy atom. The molecular weight excluding hydrogens is 303 g/mol. The number of benzene rings is 1. The highest BCUT2D eigenvalue weighted by atomic mass is 35.6. The second-order valence-electron chi connectivity index (χ2n) is 4.36. The summed E-state index contributed by atoms with van der Waals surface area (Å²) in [5.74, 6) is 0. The molecule has 1 aromatic carbocycles. The van der Waals surface area contributed by atoms with Crippen LogP contribution in [0.3, 0.4) is 0 Å². The van der Waals surface area contributed by atoms with Crippen LogP contribution in [0.15, 0.2) is 36.4 Å². The van der Waals surface area contributed by atoms with E-state index in [1.807, 2.05) is 37.3 Å². The first-order valence-corrected chi connectivity index (χ1v) is 6.83. The second kappa shape index (κ2) is 4.48. The van der Waals surface area contributed by atoms with E-state index in [0.717, 1.165) is 27.5 Å². The maximum absolute atomic E-state index is 5.89. The van der Waals surface area contributed by atoms with Crippen molar-refractivity contribution in [3.8, 4) is 0 Å². The molecule has 0 fully saturated rings. The summed E-state index contributed by atoms with van der Waals surface area (Å²) in [6.07, 6.45) is 0. The van der Waals surface area contributed by atoms with Gasteiger partial charge in [-0.3, -0.25) is 4.98 Å². The molecule has 0 N–H and O–H groups in total. The van der Waals surface area contributed by atoms with Gasteiger partial charge in [0.15, 0.2) is 0 Å². The van der Waals surface area contributed by atoms with Gasteiger partial charge in [0, 0.05) is 16.5 Å². The Hall–Kier alpha value is -1.09. The number of fused-ring (bicyclic) bond motifs is 3. The van der Waals surface area contributed by atoms with Gasteiger partial charge in [0.25, 0.3) is 0 Å². The summed E-state index contributed by atoms with van der Waals surface area (Å²) in [5.41, 5.74) is 2.92. The molecular formula is C14H9Cl3N2. The van der Waals surface area contributed by atoms with Crippen LogP contribution in [0.1, 0.15) is 11.4 Å². The molecule has 19 heavy (non-hydrogen) atoms. The number of rotatable bonds is 0. The topological polar surface area (TPSA) is 25.8 Å². The van der Waals surface area contributed by atoms with Crippen LogP contribution in [0, 0.1) is 6.92 Å². The van der Waals surface area contributed by atoms with Gasteiger partial charge >= 0.3 is 0 Å². The minimum atomic E-state index is -1.53. The van der Waals surface area contributed by atoms with Crippen LogP contribution < -0.4 is 0 Å². The van der Waals surface area contributed by atoms with Crippen LogP contribution in [-0.2, 0) is 3.79 Å². The Balaban J connectivity index is 2.41. The van der Waals surface area contributed by atoms with Crippen molar-refractivity contribution in [2.45, 2.75) is 10.7 Å². The number of nitrogens with zero attached hydrogens (tertiary/aromatic N) is 2. The molecule has 0 amide bonds. The summed E-state index contributed by atoms with van der Waals surface area (Å²) in [6, 6.07) is 11.6. The molecule has 0 aliphatic rings. The van der Waals surface area contributed by atoms with E-state index < -0.39 is 3.79 Å². The van der Waals surface area contributed by atoms with Crippen molar-refractivity contribution in [3.63, 3.8) is 0 Å². The predicted octanol–water partition coefficient (Wildman–Crippen LogP) is 4.92. The van der Waals surface area contributed by atoms with Gasteiger partial charge in [-0.2, -0.15) is 0 Å². The first-order valence-electron chi connectivity index (χ1n) is 5.69. The molecule has 2 heterocycles. The molecule has 0 bridgehead atoms. The van der Waals surface area contributed by atoms with Gasteiger partial charge in [0.2, 0.25) is 3.79 Å². The number of alkyl halides is 3. The van der Waals surface area contributed by atoms with Crippen LogP contribution in [0.2, 0.25) is 0 Å². The highest BCUT2D eigenvalue weighted by Crippen LogP contribution is 2.38. The molecule has 0 saturated heterocycles. The molecule has 0 unspecified atom stereocenters. The fraction of sp³-hybridized carbons (Fsp3) is 0.143. The number of aromatic nitrogens is 2. The summed E-state index contributed by atoms with van der Waals surface area (Å²) in [4.78, 5) is 8.99. The SMILES string of the molecule is Cc1ccc2ccc3ccc(C(Cl)(Cl)Cl)nc3c2n1. The third kappa shape index (κ3) is 2.36. The maximum Gasteiger partial charge on any atom is 0.232 e. The van der Waals surface area contributed by atoms with Crippen LogP contribution >= 0.6 is 34.8 Å². The first-order chi connectivity index (χ1) is 8.95. The fourth-order valence-electron chi connectivity index (χ4n) is 2.02. The van der Waals surface area contributed by atoms with E-state index in [9.17, 15) is 0 Å². The average molecular weight is 312 g/mol. The predicted molar refractivity (Wildman–Crippen MR) is 81.0 cm³/mol. The zero-order valence-electron chi connectivity index (χ0n) is 9.99. The quantitative estimate of drug-likeness (QED) is 0.435. The highest BCUT2D eigenvalue weighted by molar-refractivity contribution is 6.66. The largest absolute Gasteiger partial charge is 0.251 e. The lowest BCUT2D eigenvalue weighted by Crippen LogP contribution is -2.03. The van der Waals surface area contributed by atoms with E-state index >= 15 is 0 Å². The van der Waals surface area contributed by atoms with Crippen molar-refractivity contribution < 1.29 is 0 Å². The Bertz CT molecular complexity index is 779. The summed E-state index contributed by atoms with van der Waals surface area (Å²) in [6.45, 7) is 1.94. The van der Waals surface area contributed by atoms with E-state index in [2.05, 4.69) is 9.97 Å². The van der Waals surface area contributed by atoms with Gasteiger partial charge in [-0.25, -0.2) is 4.98 Å². The Morgan fingerprint density at radius 2 is 1.32 bits per heavy atom. The lowest BCUT2D eigenvalue weighted by atomic mass is 10.1. The lowest BCUT2D eigenvalue weighted by Gasteiger charge is -2.11. The van der Waals surface area contributed by atoms with Gasteiger partial charge < -0.3 is 0 Å². The number of hydrogen-bond donors (Lipinski definition) is 0. The van der Waals surface area contributed by atoms with Crippen molar-refractivity contribution in [3.05, 3.63) is 47.8 Å². The maximum atomic E-state index is 5.89. The van der Waals surface area contributed by atoms with E-state index in [0.29, 0.717) is 5.69 Å². The van der Waals surface area contributed by atoms with E-state index in [-0.39, 0.29) is 0 Å². The van der Waals surface area contributed by atoms with Crippen LogP contribution in [0.5, 0.6) is 0 Å². The lowest BCUT2D eigenvalue weighted by molar-refractivity contribution is 1.12. The third-order valence-corrected chi connectivity index (χ3v) is 3.53. The van der Waals surface area contributed by atoms with Crippen molar-refractivity contribution in [2.75, 3.05) is 0 Å². The number of pyridine rings is 2. The second-order valence-corrected chi connectivity index (χ2v) is 6.64. The molecule has 0 atom stereocenters.